The maximum atomic E-state index is 11.7. The lowest BCUT2D eigenvalue weighted by Crippen LogP contribution is -2.34. The summed E-state index contributed by atoms with van der Waals surface area (Å²) in [6.07, 6.45) is 3.31. The van der Waals surface area contributed by atoms with Gasteiger partial charge >= 0.3 is 5.97 Å². The highest BCUT2D eigenvalue weighted by molar-refractivity contribution is 6.03. The molecule has 0 aromatic carbocycles. The summed E-state index contributed by atoms with van der Waals surface area (Å²) in [5.41, 5.74) is -0.0369. The molecule has 0 amide bonds. The van der Waals surface area contributed by atoms with Gasteiger partial charge in [-0.1, -0.05) is 6.07 Å². The van der Waals surface area contributed by atoms with Crippen LogP contribution in [0.3, 0.4) is 0 Å². The summed E-state index contributed by atoms with van der Waals surface area (Å²) in [6.45, 7) is 1.81. The molecule has 1 aliphatic rings. The number of nitrogens with zero attached hydrogens (tertiary/aromatic N) is 1. The maximum absolute atomic E-state index is 11.7. The third-order valence-corrected chi connectivity index (χ3v) is 3.36. The van der Waals surface area contributed by atoms with E-state index in [1.165, 1.54) is 6.92 Å². The van der Waals surface area contributed by atoms with Crippen LogP contribution in [-0.4, -0.2) is 23.3 Å². The normalized spacial score (nSPS) is 23.5. The zero-order valence-corrected chi connectivity index (χ0v) is 9.81. The van der Waals surface area contributed by atoms with Crippen molar-refractivity contribution >= 4 is 11.8 Å². The Balaban J connectivity index is 2.10. The first kappa shape index (κ1) is 11.8. The van der Waals surface area contributed by atoms with E-state index in [-0.39, 0.29) is 11.8 Å². The first-order valence-electron chi connectivity index (χ1n) is 5.73. The van der Waals surface area contributed by atoms with Crippen LogP contribution in [-0.2, 0) is 20.7 Å². The van der Waals surface area contributed by atoms with Gasteiger partial charge in [-0.15, -0.1) is 0 Å². The number of aryl methyl sites for hydroxylation is 1. The van der Waals surface area contributed by atoms with Crippen molar-refractivity contribution in [2.75, 3.05) is 6.61 Å². The quantitative estimate of drug-likeness (QED) is 0.584. The van der Waals surface area contributed by atoms with Crippen LogP contribution < -0.4 is 0 Å². The van der Waals surface area contributed by atoms with Gasteiger partial charge in [0.25, 0.3) is 0 Å². The lowest BCUT2D eigenvalue weighted by molar-refractivity contribution is -0.151. The van der Waals surface area contributed by atoms with E-state index < -0.39 is 5.41 Å². The smallest absolute Gasteiger partial charge is 0.319 e. The molecule has 1 aromatic heterocycles. The van der Waals surface area contributed by atoms with Crippen LogP contribution in [0.4, 0.5) is 0 Å². The zero-order chi connectivity index (χ0) is 12.3. The number of hydrogen-bond acceptors (Lipinski definition) is 4. The molecule has 1 aliphatic heterocycles. The second-order valence-electron chi connectivity index (χ2n) is 4.35. The number of aromatic nitrogens is 1. The predicted molar refractivity (Wildman–Crippen MR) is 61.2 cm³/mol. The van der Waals surface area contributed by atoms with Crippen LogP contribution in [0.2, 0.25) is 0 Å². The molecule has 0 saturated carbocycles. The molecule has 1 aromatic rings. The number of Topliss-reactive ketones (excluding diaryl/α,β-unsaturated/α-hetero) is 1. The van der Waals surface area contributed by atoms with Crippen molar-refractivity contribution in [3.63, 3.8) is 0 Å². The molecule has 0 bridgehead atoms. The molecule has 0 aliphatic carbocycles. The van der Waals surface area contributed by atoms with Gasteiger partial charge in [0.2, 0.25) is 0 Å². The first-order valence-corrected chi connectivity index (χ1v) is 5.73. The van der Waals surface area contributed by atoms with E-state index in [9.17, 15) is 9.59 Å². The molecular weight excluding hydrogens is 218 g/mol. The Morgan fingerprint density at radius 3 is 2.88 bits per heavy atom. The molecule has 0 spiro atoms. The largest absolute Gasteiger partial charge is 0.465 e. The van der Waals surface area contributed by atoms with Crippen molar-refractivity contribution < 1.29 is 14.3 Å². The van der Waals surface area contributed by atoms with Crippen LogP contribution in [0.1, 0.15) is 25.5 Å². The Morgan fingerprint density at radius 2 is 2.35 bits per heavy atom. The van der Waals surface area contributed by atoms with Crippen molar-refractivity contribution in [3.8, 4) is 0 Å². The fourth-order valence-corrected chi connectivity index (χ4v) is 2.17. The van der Waals surface area contributed by atoms with Gasteiger partial charge in [0.15, 0.2) is 0 Å². The van der Waals surface area contributed by atoms with Gasteiger partial charge in [0.1, 0.15) is 11.2 Å². The fraction of sp³-hybridized carbons (Fsp3) is 0.462. The topological polar surface area (TPSA) is 56.3 Å². The second-order valence-corrected chi connectivity index (χ2v) is 4.35. The van der Waals surface area contributed by atoms with Crippen LogP contribution >= 0.6 is 0 Å². The van der Waals surface area contributed by atoms with Crippen molar-refractivity contribution in [1.82, 2.24) is 4.98 Å². The SMILES string of the molecule is CC(=O)C1(CCc2ccccn2)CCOC1=O. The maximum Gasteiger partial charge on any atom is 0.319 e. The van der Waals surface area contributed by atoms with Gasteiger partial charge in [-0.3, -0.25) is 14.6 Å². The molecule has 1 atom stereocenters. The minimum absolute atomic E-state index is 0.101. The molecule has 2 heterocycles. The van der Waals surface area contributed by atoms with Gasteiger partial charge in [-0.05, 0) is 31.9 Å². The molecule has 0 N–H and O–H groups in total. The Labute approximate surface area is 100 Å². The van der Waals surface area contributed by atoms with Crippen molar-refractivity contribution in [2.24, 2.45) is 5.41 Å². The van der Waals surface area contributed by atoms with Gasteiger partial charge in [0.05, 0.1) is 6.61 Å². The molecule has 0 radical (unpaired) electrons. The number of ketones is 1. The number of carbonyl (C=O) groups excluding carboxylic acids is 2. The number of hydrogen-bond donors (Lipinski definition) is 0. The van der Waals surface area contributed by atoms with Crippen molar-refractivity contribution in [2.45, 2.75) is 26.2 Å². The Morgan fingerprint density at radius 1 is 1.53 bits per heavy atom. The third-order valence-electron chi connectivity index (χ3n) is 3.36. The molecule has 4 nitrogen and oxygen atoms in total. The fourth-order valence-electron chi connectivity index (χ4n) is 2.17. The van der Waals surface area contributed by atoms with Gasteiger partial charge in [-0.25, -0.2) is 0 Å². The van der Waals surface area contributed by atoms with Crippen molar-refractivity contribution in [3.05, 3.63) is 30.1 Å². The number of cyclic esters (lactones) is 1. The van der Waals surface area contributed by atoms with E-state index >= 15 is 0 Å². The highest BCUT2D eigenvalue weighted by atomic mass is 16.5. The first-order chi connectivity index (χ1) is 8.15. The number of carbonyl (C=O) groups is 2. The van der Waals surface area contributed by atoms with Crippen molar-refractivity contribution in [1.29, 1.82) is 0 Å². The van der Waals surface area contributed by atoms with E-state index in [1.54, 1.807) is 6.20 Å². The summed E-state index contributed by atoms with van der Waals surface area (Å²) < 4.78 is 4.94. The summed E-state index contributed by atoms with van der Waals surface area (Å²) in [4.78, 5) is 27.6. The Bertz CT molecular complexity index is 430. The van der Waals surface area contributed by atoms with Crippen LogP contribution in [0, 0.1) is 5.41 Å². The van der Waals surface area contributed by atoms with Crippen LogP contribution in [0.5, 0.6) is 0 Å². The van der Waals surface area contributed by atoms with Crippen LogP contribution in [0.15, 0.2) is 24.4 Å². The number of pyridine rings is 1. The Kier molecular flexibility index (Phi) is 3.22. The lowest BCUT2D eigenvalue weighted by Gasteiger charge is -2.20. The van der Waals surface area contributed by atoms with E-state index in [1.807, 2.05) is 18.2 Å². The summed E-state index contributed by atoms with van der Waals surface area (Å²) in [5.74, 6) is -0.475. The molecular formula is C13H15NO3. The molecule has 1 unspecified atom stereocenters. The van der Waals surface area contributed by atoms with E-state index in [0.717, 1.165) is 5.69 Å². The summed E-state index contributed by atoms with van der Waals surface area (Å²) in [7, 11) is 0. The minimum atomic E-state index is -0.933. The molecule has 1 fully saturated rings. The highest BCUT2D eigenvalue weighted by Crippen LogP contribution is 2.35. The molecule has 1 saturated heterocycles. The van der Waals surface area contributed by atoms with E-state index in [2.05, 4.69) is 4.98 Å². The average molecular weight is 233 g/mol. The number of rotatable bonds is 4. The molecule has 2 rings (SSSR count). The summed E-state index contributed by atoms with van der Waals surface area (Å²) >= 11 is 0. The molecule has 4 heteroatoms. The molecule has 90 valence electrons. The van der Waals surface area contributed by atoms with E-state index in [4.69, 9.17) is 4.74 Å². The zero-order valence-electron chi connectivity index (χ0n) is 9.81. The van der Waals surface area contributed by atoms with Crippen LogP contribution in [0.25, 0.3) is 0 Å². The third kappa shape index (κ3) is 2.20. The minimum Gasteiger partial charge on any atom is -0.465 e. The standard InChI is InChI=1S/C13H15NO3/c1-10(15)13(7-9-17-12(13)16)6-5-11-4-2-3-8-14-11/h2-4,8H,5-7,9H2,1H3. The second kappa shape index (κ2) is 4.65. The predicted octanol–water partition coefficient (Wildman–Crippen LogP) is 1.54. The average Bonchev–Trinajstić information content (AvgIpc) is 2.71. The summed E-state index contributed by atoms with van der Waals surface area (Å²) in [5, 5.41) is 0. The molecule has 17 heavy (non-hydrogen) atoms. The van der Waals surface area contributed by atoms with Gasteiger partial charge in [-0.2, -0.15) is 0 Å². The Hall–Kier alpha value is -1.71. The number of esters is 1. The van der Waals surface area contributed by atoms with E-state index in [0.29, 0.717) is 25.9 Å². The van der Waals surface area contributed by atoms with Gasteiger partial charge in [0, 0.05) is 18.3 Å². The monoisotopic (exact) mass is 233 g/mol. The number of ether oxygens (including phenoxy) is 1. The lowest BCUT2D eigenvalue weighted by atomic mass is 9.78. The summed E-state index contributed by atoms with van der Waals surface area (Å²) in [6, 6.07) is 5.64. The van der Waals surface area contributed by atoms with Gasteiger partial charge < -0.3 is 4.74 Å². The highest BCUT2D eigenvalue weighted by Gasteiger charge is 2.48.